The number of phenolic OH excluding ortho intramolecular Hbond substituents is 1. The number of rotatable bonds is 4. The number of nitrogens with zero attached hydrogens (tertiary/aromatic N) is 3. The van der Waals surface area contributed by atoms with Gasteiger partial charge in [-0.3, -0.25) is 4.79 Å². The summed E-state index contributed by atoms with van der Waals surface area (Å²) in [5.41, 5.74) is 2.41. The van der Waals surface area contributed by atoms with Gasteiger partial charge < -0.3 is 10.1 Å². The summed E-state index contributed by atoms with van der Waals surface area (Å²) in [4.78, 5) is 20.3. The van der Waals surface area contributed by atoms with E-state index in [4.69, 9.17) is 10.1 Å². The molecule has 6 heteroatoms. The maximum atomic E-state index is 12.7. The van der Waals surface area contributed by atoms with E-state index in [9.17, 15) is 9.90 Å². The van der Waals surface area contributed by atoms with E-state index in [2.05, 4.69) is 4.98 Å². The molecule has 0 saturated heterocycles. The SMILES string of the molecule is CCc1nn(C2CCCC2)c2nc(Cc3ccc(O)cc3)[nH]c(=O)c12. The van der Waals surface area contributed by atoms with Gasteiger partial charge in [0, 0.05) is 6.42 Å². The fourth-order valence-electron chi connectivity index (χ4n) is 3.70. The van der Waals surface area contributed by atoms with Gasteiger partial charge in [-0.2, -0.15) is 5.10 Å². The normalized spacial score (nSPS) is 15.2. The topological polar surface area (TPSA) is 83.8 Å². The van der Waals surface area contributed by atoms with Crippen molar-refractivity contribution in [2.45, 2.75) is 51.5 Å². The summed E-state index contributed by atoms with van der Waals surface area (Å²) < 4.78 is 1.98. The highest BCUT2D eigenvalue weighted by Crippen LogP contribution is 2.31. The number of benzene rings is 1. The van der Waals surface area contributed by atoms with E-state index < -0.39 is 0 Å². The molecule has 3 aromatic rings. The van der Waals surface area contributed by atoms with Crippen molar-refractivity contribution < 1.29 is 5.11 Å². The second-order valence-electron chi connectivity index (χ2n) is 6.74. The minimum absolute atomic E-state index is 0.111. The van der Waals surface area contributed by atoms with Gasteiger partial charge in [-0.1, -0.05) is 31.9 Å². The molecular formula is C19H22N4O2. The third-order valence-electron chi connectivity index (χ3n) is 5.00. The Morgan fingerprint density at radius 1 is 1.24 bits per heavy atom. The minimum atomic E-state index is -0.111. The number of aryl methyl sites for hydroxylation is 1. The molecule has 2 aromatic heterocycles. The Hall–Kier alpha value is -2.63. The van der Waals surface area contributed by atoms with Gasteiger partial charge in [0.05, 0.1) is 11.7 Å². The molecule has 1 aromatic carbocycles. The number of nitrogens with one attached hydrogen (secondary N) is 1. The second kappa shape index (κ2) is 6.35. The molecule has 1 aliphatic carbocycles. The van der Waals surface area contributed by atoms with Crippen LogP contribution in [0.25, 0.3) is 11.0 Å². The molecule has 1 saturated carbocycles. The smallest absolute Gasteiger partial charge is 0.262 e. The fourth-order valence-corrected chi connectivity index (χ4v) is 3.70. The maximum absolute atomic E-state index is 12.7. The van der Waals surface area contributed by atoms with Crippen molar-refractivity contribution in [3.63, 3.8) is 0 Å². The Morgan fingerprint density at radius 3 is 2.64 bits per heavy atom. The molecule has 2 N–H and O–H groups in total. The van der Waals surface area contributed by atoms with E-state index in [0.29, 0.717) is 29.3 Å². The summed E-state index contributed by atoms with van der Waals surface area (Å²) in [5.74, 6) is 0.859. The monoisotopic (exact) mass is 338 g/mol. The van der Waals surface area contributed by atoms with Gasteiger partial charge in [0.1, 0.15) is 17.0 Å². The lowest BCUT2D eigenvalue weighted by Crippen LogP contribution is -2.14. The van der Waals surface area contributed by atoms with Crippen LogP contribution in [-0.4, -0.2) is 24.9 Å². The number of aromatic hydroxyl groups is 1. The molecule has 2 heterocycles. The number of hydrogen-bond donors (Lipinski definition) is 2. The van der Waals surface area contributed by atoms with E-state index in [1.807, 2.05) is 23.7 Å². The second-order valence-corrected chi connectivity index (χ2v) is 6.74. The van der Waals surface area contributed by atoms with Crippen LogP contribution in [0.1, 0.15) is 55.7 Å². The number of phenols is 1. The maximum Gasteiger partial charge on any atom is 0.262 e. The standard InChI is InChI=1S/C19H22N4O2/c1-2-15-17-18(23(22-15)13-5-3-4-6-13)20-16(21-19(17)25)11-12-7-9-14(24)10-8-12/h7-10,13,24H,2-6,11H2,1H3,(H,20,21,25). The summed E-state index contributed by atoms with van der Waals surface area (Å²) in [6, 6.07) is 7.31. The molecule has 130 valence electrons. The van der Waals surface area contributed by atoms with Crippen LogP contribution < -0.4 is 5.56 Å². The number of aromatic nitrogens is 4. The molecule has 1 aliphatic rings. The minimum Gasteiger partial charge on any atom is -0.508 e. The molecule has 0 unspecified atom stereocenters. The first kappa shape index (κ1) is 15.9. The van der Waals surface area contributed by atoms with Gasteiger partial charge in [0.2, 0.25) is 0 Å². The first-order valence-electron chi connectivity index (χ1n) is 8.94. The summed E-state index contributed by atoms with van der Waals surface area (Å²) in [7, 11) is 0. The average molecular weight is 338 g/mol. The largest absolute Gasteiger partial charge is 0.508 e. The summed E-state index contributed by atoms with van der Waals surface area (Å²) in [5, 5.41) is 14.8. The molecule has 4 rings (SSSR count). The predicted molar refractivity (Wildman–Crippen MR) is 95.9 cm³/mol. The van der Waals surface area contributed by atoms with E-state index in [-0.39, 0.29) is 11.3 Å². The molecule has 0 amide bonds. The van der Waals surface area contributed by atoms with Crippen LogP contribution in [0.3, 0.4) is 0 Å². The van der Waals surface area contributed by atoms with E-state index >= 15 is 0 Å². The van der Waals surface area contributed by atoms with Gasteiger partial charge in [0.25, 0.3) is 5.56 Å². The van der Waals surface area contributed by atoms with Gasteiger partial charge >= 0.3 is 0 Å². The summed E-state index contributed by atoms with van der Waals surface area (Å²) in [6.45, 7) is 2.02. The van der Waals surface area contributed by atoms with Crippen molar-refractivity contribution in [1.29, 1.82) is 0 Å². The van der Waals surface area contributed by atoms with Crippen molar-refractivity contribution in [2.75, 3.05) is 0 Å². The Balaban J connectivity index is 1.80. The van der Waals surface area contributed by atoms with Gasteiger partial charge in [0.15, 0.2) is 5.65 Å². The molecule has 0 spiro atoms. The number of H-pyrrole nitrogens is 1. The Morgan fingerprint density at radius 2 is 1.96 bits per heavy atom. The quantitative estimate of drug-likeness (QED) is 0.765. The highest BCUT2D eigenvalue weighted by atomic mass is 16.3. The fraction of sp³-hybridized carbons (Fsp3) is 0.421. The zero-order valence-corrected chi connectivity index (χ0v) is 14.3. The van der Waals surface area contributed by atoms with Crippen LogP contribution in [0.5, 0.6) is 5.75 Å². The van der Waals surface area contributed by atoms with Crippen molar-refractivity contribution in [2.24, 2.45) is 0 Å². The van der Waals surface area contributed by atoms with Crippen LogP contribution in [0.2, 0.25) is 0 Å². The Labute approximate surface area is 145 Å². The molecule has 0 radical (unpaired) electrons. The van der Waals surface area contributed by atoms with E-state index in [0.717, 1.165) is 30.5 Å². The molecular weight excluding hydrogens is 316 g/mol. The lowest BCUT2D eigenvalue weighted by molar-refractivity contribution is 0.474. The number of aromatic amines is 1. The van der Waals surface area contributed by atoms with Crippen molar-refractivity contribution in [1.82, 2.24) is 19.7 Å². The third kappa shape index (κ3) is 2.92. The average Bonchev–Trinajstić information content (AvgIpc) is 3.24. The molecule has 0 atom stereocenters. The van der Waals surface area contributed by atoms with Gasteiger partial charge in [-0.25, -0.2) is 9.67 Å². The Bertz CT molecular complexity index is 950. The Kier molecular flexibility index (Phi) is 4.03. The van der Waals surface area contributed by atoms with Crippen LogP contribution in [0.15, 0.2) is 29.1 Å². The van der Waals surface area contributed by atoms with Gasteiger partial charge in [-0.15, -0.1) is 0 Å². The van der Waals surface area contributed by atoms with Gasteiger partial charge in [-0.05, 0) is 37.0 Å². The van der Waals surface area contributed by atoms with Crippen molar-refractivity contribution in [3.05, 3.63) is 51.7 Å². The first-order chi connectivity index (χ1) is 12.2. The van der Waals surface area contributed by atoms with Crippen LogP contribution >= 0.6 is 0 Å². The molecule has 0 bridgehead atoms. The van der Waals surface area contributed by atoms with Crippen LogP contribution in [0, 0.1) is 0 Å². The molecule has 6 nitrogen and oxygen atoms in total. The molecule has 0 aliphatic heterocycles. The van der Waals surface area contributed by atoms with Crippen molar-refractivity contribution >= 4 is 11.0 Å². The van der Waals surface area contributed by atoms with Crippen LogP contribution in [-0.2, 0) is 12.8 Å². The highest BCUT2D eigenvalue weighted by Gasteiger charge is 2.24. The highest BCUT2D eigenvalue weighted by molar-refractivity contribution is 5.77. The lowest BCUT2D eigenvalue weighted by Gasteiger charge is -2.11. The molecule has 25 heavy (non-hydrogen) atoms. The number of fused-ring (bicyclic) bond motifs is 1. The molecule has 1 fully saturated rings. The third-order valence-corrected chi connectivity index (χ3v) is 5.00. The van der Waals surface area contributed by atoms with Crippen LogP contribution in [0.4, 0.5) is 0 Å². The zero-order chi connectivity index (χ0) is 17.4. The zero-order valence-electron chi connectivity index (χ0n) is 14.3. The first-order valence-corrected chi connectivity index (χ1v) is 8.94. The predicted octanol–water partition coefficient (Wildman–Crippen LogP) is 3.09. The van der Waals surface area contributed by atoms with E-state index in [1.165, 1.54) is 12.8 Å². The summed E-state index contributed by atoms with van der Waals surface area (Å²) in [6.07, 6.45) is 5.85. The number of hydrogen-bond acceptors (Lipinski definition) is 4. The van der Waals surface area contributed by atoms with Crippen molar-refractivity contribution in [3.8, 4) is 5.75 Å². The lowest BCUT2D eigenvalue weighted by atomic mass is 10.1. The van der Waals surface area contributed by atoms with E-state index in [1.54, 1.807) is 12.1 Å². The summed E-state index contributed by atoms with van der Waals surface area (Å²) >= 11 is 0.